The van der Waals surface area contributed by atoms with Crippen LogP contribution in [0.25, 0.3) is 0 Å². The van der Waals surface area contributed by atoms with Crippen molar-refractivity contribution < 1.29 is 9.53 Å². The maximum atomic E-state index is 10.7. The van der Waals surface area contributed by atoms with Gasteiger partial charge < -0.3 is 4.74 Å². The molecule has 2 rings (SSSR count). The molecule has 0 radical (unpaired) electrons. The minimum atomic E-state index is -0.0820. The Kier molecular flexibility index (Phi) is 2.08. The summed E-state index contributed by atoms with van der Waals surface area (Å²) >= 11 is 0. The number of rotatable bonds is 2. The van der Waals surface area contributed by atoms with E-state index in [0.29, 0.717) is 5.56 Å². The van der Waals surface area contributed by atoms with E-state index < -0.39 is 0 Å². The fourth-order valence-corrected chi connectivity index (χ4v) is 1.36. The molecule has 1 unspecified atom stereocenters. The minimum absolute atomic E-state index is 0.0820. The average Bonchev–Trinajstić information content (AvgIpc) is 2.70. The molecule has 2 heterocycles. The second-order valence-electron chi connectivity index (χ2n) is 2.83. The quantitative estimate of drug-likeness (QED) is 0.644. The van der Waals surface area contributed by atoms with Gasteiger partial charge in [0.1, 0.15) is 6.10 Å². The van der Waals surface area contributed by atoms with Crippen LogP contribution in [0.4, 0.5) is 0 Å². The summed E-state index contributed by atoms with van der Waals surface area (Å²) in [6, 6.07) is 3.49. The van der Waals surface area contributed by atoms with Crippen LogP contribution in [0, 0.1) is 0 Å². The Morgan fingerprint density at radius 3 is 3.23 bits per heavy atom. The largest absolute Gasteiger partial charge is 0.492 e. The summed E-state index contributed by atoms with van der Waals surface area (Å²) in [6.45, 7) is 0. The van der Waals surface area contributed by atoms with Gasteiger partial charge in [0.05, 0.1) is 12.0 Å². The van der Waals surface area contributed by atoms with Crippen LogP contribution in [0.1, 0.15) is 28.6 Å². The van der Waals surface area contributed by atoms with Crippen LogP contribution in [0.2, 0.25) is 0 Å². The molecule has 0 amide bonds. The molecule has 1 aromatic rings. The Bertz CT molecular complexity index is 339. The topological polar surface area (TPSA) is 39.2 Å². The van der Waals surface area contributed by atoms with E-state index in [0.717, 1.165) is 18.4 Å². The van der Waals surface area contributed by atoms with Crippen LogP contribution in [0.5, 0.6) is 0 Å². The van der Waals surface area contributed by atoms with Gasteiger partial charge in [0.25, 0.3) is 0 Å². The first kappa shape index (κ1) is 7.98. The van der Waals surface area contributed by atoms with Crippen molar-refractivity contribution in [3.63, 3.8) is 0 Å². The summed E-state index contributed by atoms with van der Waals surface area (Å²) in [7, 11) is 0. The summed E-state index contributed by atoms with van der Waals surface area (Å²) in [4.78, 5) is 14.8. The number of hydrogen-bond donors (Lipinski definition) is 0. The van der Waals surface area contributed by atoms with Crippen molar-refractivity contribution >= 4 is 6.29 Å². The predicted molar refractivity (Wildman–Crippen MR) is 47.2 cm³/mol. The molecular formula is C10H9NO2. The molecule has 0 aliphatic carbocycles. The van der Waals surface area contributed by atoms with Crippen LogP contribution >= 0.6 is 0 Å². The van der Waals surface area contributed by atoms with E-state index in [1.54, 1.807) is 24.6 Å². The van der Waals surface area contributed by atoms with Gasteiger partial charge in [0.2, 0.25) is 0 Å². The SMILES string of the molecule is O=Cc1cccnc1C1CC=CO1. The first-order valence-corrected chi connectivity index (χ1v) is 4.12. The molecule has 0 saturated carbocycles. The molecular weight excluding hydrogens is 166 g/mol. The van der Waals surface area contributed by atoms with Crippen LogP contribution < -0.4 is 0 Å². The van der Waals surface area contributed by atoms with Crippen molar-refractivity contribution in [3.05, 3.63) is 41.9 Å². The standard InChI is InChI=1S/C10H9NO2/c12-7-8-3-1-5-11-10(8)9-4-2-6-13-9/h1-3,5-7,9H,4H2. The van der Waals surface area contributed by atoms with Crippen molar-refractivity contribution in [2.24, 2.45) is 0 Å². The van der Waals surface area contributed by atoms with E-state index >= 15 is 0 Å². The summed E-state index contributed by atoms with van der Waals surface area (Å²) < 4.78 is 5.28. The Balaban J connectivity index is 2.32. The van der Waals surface area contributed by atoms with E-state index in [-0.39, 0.29) is 6.10 Å². The zero-order valence-corrected chi connectivity index (χ0v) is 7.01. The van der Waals surface area contributed by atoms with Crippen LogP contribution in [-0.4, -0.2) is 11.3 Å². The van der Waals surface area contributed by atoms with Crippen molar-refractivity contribution in [2.75, 3.05) is 0 Å². The van der Waals surface area contributed by atoms with Gasteiger partial charge >= 0.3 is 0 Å². The summed E-state index contributed by atoms with van der Waals surface area (Å²) in [5, 5.41) is 0. The monoisotopic (exact) mass is 175 g/mol. The normalized spacial score (nSPS) is 19.8. The third-order valence-electron chi connectivity index (χ3n) is 1.99. The summed E-state index contributed by atoms with van der Waals surface area (Å²) in [6.07, 6.45) is 6.76. The molecule has 0 aromatic carbocycles. The maximum absolute atomic E-state index is 10.7. The molecule has 13 heavy (non-hydrogen) atoms. The molecule has 0 fully saturated rings. The second-order valence-corrected chi connectivity index (χ2v) is 2.83. The van der Waals surface area contributed by atoms with Gasteiger partial charge in [-0.1, -0.05) is 0 Å². The van der Waals surface area contributed by atoms with Gasteiger partial charge in [0.15, 0.2) is 6.29 Å². The Labute approximate surface area is 76.1 Å². The number of aromatic nitrogens is 1. The van der Waals surface area contributed by atoms with Crippen LogP contribution in [0.15, 0.2) is 30.7 Å². The molecule has 0 saturated heterocycles. The fraction of sp³-hybridized carbons (Fsp3) is 0.200. The molecule has 0 bridgehead atoms. The molecule has 0 spiro atoms. The Morgan fingerprint density at radius 1 is 1.62 bits per heavy atom. The van der Waals surface area contributed by atoms with Gasteiger partial charge in [-0.3, -0.25) is 9.78 Å². The molecule has 1 aromatic heterocycles. The average molecular weight is 175 g/mol. The summed E-state index contributed by atoms with van der Waals surface area (Å²) in [5.41, 5.74) is 1.33. The molecule has 0 N–H and O–H groups in total. The lowest BCUT2D eigenvalue weighted by Gasteiger charge is -2.10. The highest BCUT2D eigenvalue weighted by Gasteiger charge is 2.18. The number of carbonyl (C=O) groups is 1. The van der Waals surface area contributed by atoms with Gasteiger partial charge in [-0.25, -0.2) is 0 Å². The third kappa shape index (κ3) is 1.45. The molecule has 1 atom stereocenters. The lowest BCUT2D eigenvalue weighted by molar-refractivity contribution is 0.111. The number of nitrogens with zero attached hydrogens (tertiary/aromatic N) is 1. The van der Waals surface area contributed by atoms with Gasteiger partial charge in [-0.15, -0.1) is 0 Å². The van der Waals surface area contributed by atoms with Crippen molar-refractivity contribution in [3.8, 4) is 0 Å². The smallest absolute Gasteiger partial charge is 0.152 e. The van der Waals surface area contributed by atoms with Crippen LogP contribution in [0.3, 0.4) is 0 Å². The van der Waals surface area contributed by atoms with Gasteiger partial charge in [0, 0.05) is 18.2 Å². The number of hydrogen-bond acceptors (Lipinski definition) is 3. The van der Waals surface area contributed by atoms with E-state index in [2.05, 4.69) is 4.98 Å². The molecule has 1 aliphatic heterocycles. The molecule has 1 aliphatic rings. The molecule has 3 heteroatoms. The van der Waals surface area contributed by atoms with E-state index in [1.165, 1.54) is 0 Å². The first-order chi connectivity index (χ1) is 6.42. The highest BCUT2D eigenvalue weighted by Crippen LogP contribution is 2.26. The van der Waals surface area contributed by atoms with Gasteiger partial charge in [-0.2, -0.15) is 0 Å². The van der Waals surface area contributed by atoms with Gasteiger partial charge in [-0.05, 0) is 18.2 Å². The van der Waals surface area contributed by atoms with E-state index in [9.17, 15) is 4.79 Å². The van der Waals surface area contributed by atoms with Crippen molar-refractivity contribution in [2.45, 2.75) is 12.5 Å². The maximum Gasteiger partial charge on any atom is 0.152 e. The zero-order chi connectivity index (χ0) is 9.10. The zero-order valence-electron chi connectivity index (χ0n) is 7.01. The lowest BCUT2D eigenvalue weighted by Crippen LogP contribution is -2.03. The number of carbonyl (C=O) groups excluding carboxylic acids is 1. The molecule has 3 nitrogen and oxygen atoms in total. The Hall–Kier alpha value is -1.64. The van der Waals surface area contributed by atoms with Crippen LogP contribution in [-0.2, 0) is 4.74 Å². The van der Waals surface area contributed by atoms with E-state index in [1.807, 2.05) is 6.08 Å². The minimum Gasteiger partial charge on any atom is -0.492 e. The van der Waals surface area contributed by atoms with Crippen molar-refractivity contribution in [1.82, 2.24) is 4.98 Å². The predicted octanol–water partition coefficient (Wildman–Crippen LogP) is 1.87. The van der Waals surface area contributed by atoms with E-state index in [4.69, 9.17) is 4.74 Å². The molecule has 66 valence electrons. The highest BCUT2D eigenvalue weighted by molar-refractivity contribution is 5.76. The third-order valence-corrected chi connectivity index (χ3v) is 1.99. The summed E-state index contributed by atoms with van der Waals surface area (Å²) in [5.74, 6) is 0. The second kappa shape index (κ2) is 3.39. The fourth-order valence-electron chi connectivity index (χ4n) is 1.36. The number of ether oxygens (including phenoxy) is 1. The lowest BCUT2D eigenvalue weighted by atomic mass is 10.1. The first-order valence-electron chi connectivity index (χ1n) is 4.12. The Morgan fingerprint density at radius 2 is 2.54 bits per heavy atom. The number of aldehydes is 1. The number of pyridine rings is 1. The van der Waals surface area contributed by atoms with Crippen molar-refractivity contribution in [1.29, 1.82) is 0 Å². The highest BCUT2D eigenvalue weighted by atomic mass is 16.5.